The lowest BCUT2D eigenvalue weighted by atomic mass is 10.1. The highest BCUT2D eigenvalue weighted by molar-refractivity contribution is 5.39. The van der Waals surface area contributed by atoms with Gasteiger partial charge in [-0.15, -0.1) is 0 Å². The topological polar surface area (TPSA) is 48.1 Å². The van der Waals surface area contributed by atoms with Crippen molar-refractivity contribution in [2.24, 2.45) is 0 Å². The largest absolute Gasteiger partial charge is 0.489 e. The van der Waals surface area contributed by atoms with Crippen LogP contribution in [0.2, 0.25) is 0 Å². The molecule has 3 nitrogen and oxygen atoms in total. The van der Waals surface area contributed by atoms with E-state index in [1.54, 1.807) is 12.4 Å². The molecule has 0 bridgehead atoms. The van der Waals surface area contributed by atoms with E-state index in [1.807, 2.05) is 6.07 Å². The van der Waals surface area contributed by atoms with Gasteiger partial charge in [0.25, 0.3) is 0 Å². The molecule has 1 aromatic heterocycles. The molecule has 1 aliphatic carbocycles. The summed E-state index contributed by atoms with van der Waals surface area (Å²) in [5, 5.41) is 0. The average molecular weight is 206 g/mol. The molecule has 0 aromatic carbocycles. The van der Waals surface area contributed by atoms with Crippen molar-refractivity contribution in [3.8, 4) is 5.75 Å². The first-order chi connectivity index (χ1) is 7.34. The fourth-order valence-corrected chi connectivity index (χ4v) is 2.05. The van der Waals surface area contributed by atoms with E-state index in [2.05, 4.69) is 4.98 Å². The number of nitrogens with zero attached hydrogens (tertiary/aromatic N) is 1. The third kappa shape index (κ3) is 3.11. The zero-order valence-electron chi connectivity index (χ0n) is 8.98. The van der Waals surface area contributed by atoms with E-state index in [1.165, 1.54) is 25.7 Å². The number of nitrogen functional groups attached to an aromatic ring is 1. The minimum atomic E-state index is 0.357. The second-order valence-electron chi connectivity index (χ2n) is 4.19. The van der Waals surface area contributed by atoms with Crippen LogP contribution < -0.4 is 10.5 Å². The lowest BCUT2D eigenvalue weighted by Gasteiger charge is -2.16. The number of anilines is 1. The van der Waals surface area contributed by atoms with Gasteiger partial charge >= 0.3 is 0 Å². The highest BCUT2D eigenvalue weighted by atomic mass is 16.5. The summed E-state index contributed by atoms with van der Waals surface area (Å²) in [6, 6.07) is 1.85. The zero-order chi connectivity index (χ0) is 10.5. The molecule has 1 heterocycles. The van der Waals surface area contributed by atoms with Gasteiger partial charge in [-0.25, -0.2) is 0 Å². The predicted molar refractivity (Wildman–Crippen MR) is 60.8 cm³/mol. The monoisotopic (exact) mass is 206 g/mol. The molecule has 0 aliphatic heterocycles. The van der Waals surface area contributed by atoms with E-state index in [-0.39, 0.29) is 0 Å². The maximum Gasteiger partial charge on any atom is 0.140 e. The van der Waals surface area contributed by atoms with Gasteiger partial charge in [0.05, 0.1) is 24.2 Å². The summed E-state index contributed by atoms with van der Waals surface area (Å²) in [6.07, 6.45) is 11.3. The van der Waals surface area contributed by atoms with E-state index < -0.39 is 0 Å². The van der Waals surface area contributed by atoms with Crippen molar-refractivity contribution >= 4 is 5.69 Å². The Morgan fingerprint density at radius 3 is 2.53 bits per heavy atom. The summed E-state index contributed by atoms with van der Waals surface area (Å²) in [6.45, 7) is 0. The lowest BCUT2D eigenvalue weighted by molar-refractivity contribution is 0.183. The summed E-state index contributed by atoms with van der Waals surface area (Å²) < 4.78 is 5.87. The summed E-state index contributed by atoms with van der Waals surface area (Å²) in [5.41, 5.74) is 6.32. The van der Waals surface area contributed by atoms with E-state index in [0.29, 0.717) is 11.8 Å². The molecular weight excluding hydrogens is 188 g/mol. The van der Waals surface area contributed by atoms with E-state index in [9.17, 15) is 0 Å². The van der Waals surface area contributed by atoms with Crippen molar-refractivity contribution in [1.82, 2.24) is 4.98 Å². The molecule has 0 unspecified atom stereocenters. The van der Waals surface area contributed by atoms with Crippen molar-refractivity contribution in [3.05, 3.63) is 18.5 Å². The van der Waals surface area contributed by atoms with Crippen LogP contribution in [0.25, 0.3) is 0 Å². The Balaban J connectivity index is 1.95. The minimum Gasteiger partial charge on any atom is -0.489 e. The van der Waals surface area contributed by atoms with Gasteiger partial charge < -0.3 is 10.5 Å². The number of nitrogens with two attached hydrogens (primary N) is 1. The molecule has 0 spiro atoms. The van der Waals surface area contributed by atoms with Crippen molar-refractivity contribution < 1.29 is 4.74 Å². The number of hydrogen-bond acceptors (Lipinski definition) is 3. The number of ether oxygens (including phenoxy) is 1. The number of rotatable bonds is 2. The summed E-state index contributed by atoms with van der Waals surface area (Å²) in [5.74, 6) is 0.807. The molecule has 0 saturated heterocycles. The number of pyridine rings is 1. The third-order valence-electron chi connectivity index (χ3n) is 2.84. The molecule has 1 fully saturated rings. The zero-order valence-corrected chi connectivity index (χ0v) is 8.98. The van der Waals surface area contributed by atoms with Gasteiger partial charge in [-0.05, 0) is 25.7 Å². The van der Waals surface area contributed by atoms with Gasteiger partial charge in [-0.3, -0.25) is 4.98 Å². The lowest BCUT2D eigenvalue weighted by Crippen LogP contribution is -2.15. The van der Waals surface area contributed by atoms with Crippen molar-refractivity contribution in [1.29, 1.82) is 0 Å². The van der Waals surface area contributed by atoms with Crippen LogP contribution in [0.1, 0.15) is 38.5 Å². The van der Waals surface area contributed by atoms with Gasteiger partial charge in [-0.2, -0.15) is 0 Å². The number of hydrogen-bond donors (Lipinski definition) is 1. The highest BCUT2D eigenvalue weighted by Gasteiger charge is 2.13. The van der Waals surface area contributed by atoms with Crippen LogP contribution >= 0.6 is 0 Å². The first-order valence-corrected chi connectivity index (χ1v) is 5.72. The standard InChI is InChI=1S/C12H18N2O/c13-10-7-12(9-14-8-10)15-11-5-3-1-2-4-6-11/h7-9,11H,1-6,13H2. The van der Waals surface area contributed by atoms with Crippen LogP contribution in [-0.2, 0) is 0 Å². The Morgan fingerprint density at radius 2 is 1.87 bits per heavy atom. The van der Waals surface area contributed by atoms with Crippen molar-refractivity contribution in [2.45, 2.75) is 44.6 Å². The molecule has 0 amide bonds. The molecule has 1 aromatic rings. The van der Waals surface area contributed by atoms with Gasteiger partial charge in [0.2, 0.25) is 0 Å². The van der Waals surface area contributed by atoms with Crippen LogP contribution in [-0.4, -0.2) is 11.1 Å². The molecule has 1 aliphatic rings. The van der Waals surface area contributed by atoms with Crippen LogP contribution in [0.4, 0.5) is 5.69 Å². The Labute approximate surface area is 90.7 Å². The van der Waals surface area contributed by atoms with Gasteiger partial charge in [0.1, 0.15) is 5.75 Å². The van der Waals surface area contributed by atoms with Crippen molar-refractivity contribution in [3.63, 3.8) is 0 Å². The fourth-order valence-electron chi connectivity index (χ4n) is 2.05. The van der Waals surface area contributed by atoms with Gasteiger partial charge in [-0.1, -0.05) is 12.8 Å². The first kappa shape index (κ1) is 10.3. The predicted octanol–water partition coefficient (Wildman–Crippen LogP) is 2.77. The molecule has 1 saturated carbocycles. The molecule has 0 atom stereocenters. The third-order valence-corrected chi connectivity index (χ3v) is 2.84. The minimum absolute atomic E-state index is 0.357. The Morgan fingerprint density at radius 1 is 1.13 bits per heavy atom. The summed E-state index contributed by atoms with van der Waals surface area (Å²) in [4.78, 5) is 4.02. The second kappa shape index (κ2) is 5.01. The van der Waals surface area contributed by atoms with E-state index >= 15 is 0 Å². The van der Waals surface area contributed by atoms with Crippen LogP contribution in [0, 0.1) is 0 Å². The molecule has 82 valence electrons. The normalized spacial score (nSPS) is 18.4. The molecule has 2 N–H and O–H groups in total. The van der Waals surface area contributed by atoms with Crippen LogP contribution in [0.5, 0.6) is 5.75 Å². The molecule has 2 rings (SSSR count). The average Bonchev–Trinajstić information content (AvgIpc) is 2.46. The smallest absolute Gasteiger partial charge is 0.140 e. The maximum atomic E-state index is 5.87. The van der Waals surface area contributed by atoms with Crippen molar-refractivity contribution in [2.75, 3.05) is 5.73 Å². The van der Waals surface area contributed by atoms with E-state index in [0.717, 1.165) is 18.6 Å². The number of aromatic nitrogens is 1. The first-order valence-electron chi connectivity index (χ1n) is 5.72. The highest BCUT2D eigenvalue weighted by Crippen LogP contribution is 2.23. The van der Waals surface area contributed by atoms with E-state index in [4.69, 9.17) is 10.5 Å². The SMILES string of the molecule is Nc1cncc(OC2CCCCCC2)c1. The van der Waals surface area contributed by atoms with Crippen LogP contribution in [0.3, 0.4) is 0 Å². The van der Waals surface area contributed by atoms with Gasteiger partial charge in [0, 0.05) is 6.07 Å². The second-order valence-corrected chi connectivity index (χ2v) is 4.19. The summed E-state index contributed by atoms with van der Waals surface area (Å²) in [7, 11) is 0. The fraction of sp³-hybridized carbons (Fsp3) is 0.583. The maximum absolute atomic E-state index is 5.87. The Hall–Kier alpha value is -1.25. The molecule has 15 heavy (non-hydrogen) atoms. The molecular formula is C12H18N2O. The quantitative estimate of drug-likeness (QED) is 0.757. The van der Waals surface area contributed by atoms with Crippen LogP contribution in [0.15, 0.2) is 18.5 Å². The molecule has 3 heteroatoms. The Bertz CT molecular complexity index is 306. The Kier molecular flexibility index (Phi) is 3.43. The summed E-state index contributed by atoms with van der Waals surface area (Å²) >= 11 is 0. The molecule has 0 radical (unpaired) electrons. The van der Waals surface area contributed by atoms with Gasteiger partial charge in [0.15, 0.2) is 0 Å².